The quantitative estimate of drug-likeness (QED) is 0.195. The minimum atomic E-state index is -4.65. The number of aromatic nitrogens is 1. The van der Waals surface area contributed by atoms with Gasteiger partial charge in [0.25, 0.3) is 0 Å². The number of hydrogen-bond acceptors (Lipinski definition) is 2. The molecule has 0 atom stereocenters. The third-order valence-electron chi connectivity index (χ3n) is 7.48. The molecule has 1 fully saturated rings. The lowest BCUT2D eigenvalue weighted by Gasteiger charge is -2.39. The van der Waals surface area contributed by atoms with Crippen LogP contribution in [0.3, 0.4) is 0 Å². The van der Waals surface area contributed by atoms with E-state index in [9.17, 15) is 17.6 Å². The molecule has 1 aliphatic heterocycles. The van der Waals surface area contributed by atoms with Gasteiger partial charge in [-0.1, -0.05) is 61.7 Å². The SMILES string of the molecule is C=Cc1ccc2c(C(=C)c3ccc(CC4CN(CCCF)C4)cc3)c(-c3ccc(C(F)(F)F)cc3F)cnc2c1. The second kappa shape index (κ2) is 11.3. The highest BCUT2D eigenvalue weighted by atomic mass is 19.4. The molecule has 5 rings (SSSR count). The highest BCUT2D eigenvalue weighted by Crippen LogP contribution is 2.39. The molecule has 2 heterocycles. The van der Waals surface area contributed by atoms with Gasteiger partial charge in [0, 0.05) is 47.9 Å². The zero-order valence-corrected chi connectivity index (χ0v) is 21.9. The van der Waals surface area contributed by atoms with Crippen LogP contribution < -0.4 is 0 Å². The molecule has 4 aromatic rings. The summed E-state index contributed by atoms with van der Waals surface area (Å²) in [4.78, 5) is 6.76. The molecule has 0 bridgehead atoms. The van der Waals surface area contributed by atoms with Crippen molar-refractivity contribution in [3.8, 4) is 11.1 Å². The molecule has 0 saturated carbocycles. The largest absolute Gasteiger partial charge is 0.416 e. The van der Waals surface area contributed by atoms with Crippen molar-refractivity contribution in [3.63, 3.8) is 0 Å². The van der Waals surface area contributed by atoms with Gasteiger partial charge in [-0.05, 0) is 59.2 Å². The number of fused-ring (bicyclic) bond motifs is 1. The lowest BCUT2D eigenvalue weighted by molar-refractivity contribution is -0.137. The van der Waals surface area contributed by atoms with Gasteiger partial charge in [-0.3, -0.25) is 9.37 Å². The van der Waals surface area contributed by atoms with E-state index < -0.39 is 17.6 Å². The van der Waals surface area contributed by atoms with E-state index in [4.69, 9.17) is 0 Å². The van der Waals surface area contributed by atoms with Gasteiger partial charge < -0.3 is 4.90 Å². The first-order chi connectivity index (χ1) is 19.2. The fourth-order valence-electron chi connectivity index (χ4n) is 5.37. The first-order valence-electron chi connectivity index (χ1n) is 13.2. The summed E-state index contributed by atoms with van der Waals surface area (Å²) in [5.74, 6) is -0.449. The summed E-state index contributed by atoms with van der Waals surface area (Å²) in [7, 11) is 0. The fourth-order valence-corrected chi connectivity index (χ4v) is 5.37. The summed E-state index contributed by atoms with van der Waals surface area (Å²) < 4.78 is 67.2. The maximum absolute atomic E-state index is 15.1. The lowest BCUT2D eigenvalue weighted by Crippen LogP contribution is -2.47. The average Bonchev–Trinajstić information content (AvgIpc) is 2.92. The van der Waals surface area contributed by atoms with Gasteiger partial charge in [0.15, 0.2) is 0 Å². The van der Waals surface area contributed by atoms with Crippen LogP contribution in [0.2, 0.25) is 0 Å². The molecular weight excluding hydrogens is 519 g/mol. The predicted octanol–water partition coefficient (Wildman–Crippen LogP) is 8.60. The maximum Gasteiger partial charge on any atom is 0.416 e. The third kappa shape index (κ3) is 5.70. The van der Waals surface area contributed by atoms with E-state index in [0.29, 0.717) is 46.0 Å². The highest BCUT2D eigenvalue weighted by Gasteiger charge is 2.32. The van der Waals surface area contributed by atoms with Crippen LogP contribution in [-0.4, -0.2) is 36.2 Å². The van der Waals surface area contributed by atoms with E-state index in [1.165, 1.54) is 11.8 Å². The second-order valence-corrected chi connectivity index (χ2v) is 10.3. The van der Waals surface area contributed by atoms with Crippen molar-refractivity contribution >= 4 is 22.6 Å². The Kier molecular flexibility index (Phi) is 7.86. The van der Waals surface area contributed by atoms with Crippen LogP contribution in [0, 0.1) is 11.7 Å². The number of benzene rings is 3. The first-order valence-corrected chi connectivity index (χ1v) is 13.2. The normalized spacial score (nSPS) is 14.3. The summed E-state index contributed by atoms with van der Waals surface area (Å²) in [6.07, 6.45) is 0.0213. The molecule has 1 aromatic heterocycles. The van der Waals surface area contributed by atoms with Crippen LogP contribution >= 0.6 is 0 Å². The number of pyridine rings is 1. The van der Waals surface area contributed by atoms with Crippen molar-refractivity contribution in [1.29, 1.82) is 0 Å². The average molecular weight is 549 g/mol. The molecule has 3 aromatic carbocycles. The molecule has 2 nitrogen and oxygen atoms in total. The molecule has 206 valence electrons. The van der Waals surface area contributed by atoms with Crippen LogP contribution in [0.15, 0.2) is 80.0 Å². The Morgan fingerprint density at radius 3 is 2.40 bits per heavy atom. The van der Waals surface area contributed by atoms with Crippen molar-refractivity contribution in [2.45, 2.75) is 19.0 Å². The molecule has 0 amide bonds. The molecule has 7 heteroatoms. The van der Waals surface area contributed by atoms with Crippen LogP contribution in [0.25, 0.3) is 33.7 Å². The summed E-state index contributed by atoms with van der Waals surface area (Å²) in [5.41, 5.74) is 4.04. The number of alkyl halides is 4. The van der Waals surface area contributed by atoms with Gasteiger partial charge in [0.2, 0.25) is 0 Å². The molecule has 1 saturated heterocycles. The zero-order chi connectivity index (χ0) is 28.4. The highest BCUT2D eigenvalue weighted by molar-refractivity contribution is 6.02. The van der Waals surface area contributed by atoms with E-state index in [1.807, 2.05) is 42.5 Å². The maximum atomic E-state index is 15.1. The van der Waals surface area contributed by atoms with Crippen LogP contribution in [0.4, 0.5) is 22.0 Å². The molecule has 0 N–H and O–H groups in total. The molecule has 40 heavy (non-hydrogen) atoms. The predicted molar refractivity (Wildman–Crippen MR) is 151 cm³/mol. The topological polar surface area (TPSA) is 16.1 Å². The lowest BCUT2D eigenvalue weighted by atomic mass is 9.87. The van der Waals surface area contributed by atoms with Crippen molar-refractivity contribution < 1.29 is 22.0 Å². The summed E-state index contributed by atoms with van der Waals surface area (Å²) in [6, 6.07) is 16.1. The summed E-state index contributed by atoms with van der Waals surface area (Å²) >= 11 is 0. The molecule has 0 unspecified atom stereocenters. The Morgan fingerprint density at radius 1 is 1.00 bits per heavy atom. The van der Waals surface area contributed by atoms with Gasteiger partial charge >= 0.3 is 6.18 Å². The van der Waals surface area contributed by atoms with Crippen LogP contribution in [0.5, 0.6) is 0 Å². The molecule has 0 radical (unpaired) electrons. The van der Waals surface area contributed by atoms with Crippen molar-refractivity contribution in [2.24, 2.45) is 5.92 Å². The number of halogens is 5. The Morgan fingerprint density at radius 2 is 1.75 bits per heavy atom. The van der Waals surface area contributed by atoms with Gasteiger partial charge in [-0.25, -0.2) is 4.39 Å². The zero-order valence-electron chi connectivity index (χ0n) is 21.9. The summed E-state index contributed by atoms with van der Waals surface area (Å²) in [6.45, 7) is 10.6. The van der Waals surface area contributed by atoms with E-state index in [0.717, 1.165) is 49.3 Å². The Balaban J connectivity index is 1.49. The van der Waals surface area contributed by atoms with Gasteiger partial charge in [0.05, 0.1) is 17.8 Å². The Bertz CT molecular complexity index is 1550. The first kappa shape index (κ1) is 27.7. The van der Waals surface area contributed by atoms with E-state index >= 15 is 4.39 Å². The number of hydrogen-bond donors (Lipinski definition) is 0. The molecule has 1 aliphatic rings. The monoisotopic (exact) mass is 548 g/mol. The van der Waals surface area contributed by atoms with Crippen LogP contribution in [0.1, 0.15) is 34.2 Å². The van der Waals surface area contributed by atoms with Crippen molar-refractivity contribution in [2.75, 3.05) is 26.3 Å². The Labute approximate surface area is 230 Å². The Hall–Kier alpha value is -3.84. The smallest absolute Gasteiger partial charge is 0.303 e. The van der Waals surface area contributed by atoms with E-state index in [2.05, 4.69) is 23.0 Å². The molecule has 0 spiro atoms. The minimum absolute atomic E-state index is 0.0188. The molecule has 0 aliphatic carbocycles. The van der Waals surface area contributed by atoms with E-state index in [1.54, 1.807) is 6.08 Å². The van der Waals surface area contributed by atoms with Crippen LogP contribution in [-0.2, 0) is 12.6 Å². The van der Waals surface area contributed by atoms with Gasteiger partial charge in [-0.2, -0.15) is 13.2 Å². The van der Waals surface area contributed by atoms with E-state index in [-0.39, 0.29) is 12.2 Å². The third-order valence-corrected chi connectivity index (χ3v) is 7.48. The van der Waals surface area contributed by atoms with Gasteiger partial charge in [0.1, 0.15) is 5.82 Å². The molecular formula is C33H29F5N2. The fraction of sp³-hybridized carbons (Fsp3) is 0.242. The standard InChI is InChI=1S/C33H29F5N2/c1-3-22-7-11-28-31(16-22)39-18-29(27-12-10-26(17-30(27)35)33(36,37)38)32(28)21(2)25-8-5-23(6-9-25)15-24-19-40(20-24)14-4-13-34/h3,5-12,16-18,24H,1-2,4,13-15,19-20H2. The second-order valence-electron chi connectivity index (χ2n) is 10.3. The number of likely N-dealkylation sites (tertiary alicyclic amines) is 1. The van der Waals surface area contributed by atoms with Gasteiger partial charge in [-0.15, -0.1) is 0 Å². The van der Waals surface area contributed by atoms with Crippen molar-refractivity contribution in [3.05, 3.63) is 114 Å². The number of nitrogens with zero attached hydrogens (tertiary/aromatic N) is 2. The number of rotatable bonds is 9. The van der Waals surface area contributed by atoms with Crippen molar-refractivity contribution in [1.82, 2.24) is 9.88 Å². The summed E-state index contributed by atoms with van der Waals surface area (Å²) in [5, 5.41) is 0.708. The minimum Gasteiger partial charge on any atom is -0.303 e.